The lowest BCUT2D eigenvalue weighted by molar-refractivity contribution is 0.740. The second-order valence-electron chi connectivity index (χ2n) is 5.54. The molecule has 0 bridgehead atoms. The Kier molecular flexibility index (Phi) is 4.60. The molecule has 98 valence electrons. The van der Waals surface area contributed by atoms with E-state index in [2.05, 4.69) is 43.9 Å². The van der Waals surface area contributed by atoms with Crippen LogP contribution in [-0.2, 0) is 6.42 Å². The minimum Gasteiger partial charge on any atom is -0.317 e. The summed E-state index contributed by atoms with van der Waals surface area (Å²) in [5.74, 6) is 0.559. The number of hydrogen-bond acceptors (Lipinski definition) is 1. The Morgan fingerprint density at radius 3 is 2.50 bits per heavy atom. The van der Waals surface area contributed by atoms with Gasteiger partial charge in [0.1, 0.15) is 0 Å². The first-order chi connectivity index (χ1) is 8.68. The highest BCUT2D eigenvalue weighted by molar-refractivity contribution is 5.41. The van der Waals surface area contributed by atoms with Gasteiger partial charge in [-0.25, -0.2) is 0 Å². The third-order valence-electron chi connectivity index (χ3n) is 4.05. The molecule has 0 amide bonds. The molecule has 3 rings (SSSR count). The molecule has 1 saturated heterocycles. The number of aryl methyl sites for hydroxylation is 2. The van der Waals surface area contributed by atoms with Crippen molar-refractivity contribution in [2.75, 3.05) is 13.1 Å². The van der Waals surface area contributed by atoms with Crippen molar-refractivity contribution < 1.29 is 0 Å². The number of fused-ring (bicyclic) bond motifs is 1. The number of rotatable bonds is 0. The van der Waals surface area contributed by atoms with E-state index in [0.717, 1.165) is 6.42 Å². The smallest absolute Gasteiger partial charge is 0.00200 e. The quantitative estimate of drug-likeness (QED) is 0.680. The third kappa shape index (κ3) is 3.23. The maximum atomic E-state index is 4.12. The van der Waals surface area contributed by atoms with Gasteiger partial charge in [0.05, 0.1) is 0 Å². The van der Waals surface area contributed by atoms with Crippen LogP contribution in [0, 0.1) is 6.92 Å². The Balaban J connectivity index is 0.000000202. The second-order valence-corrected chi connectivity index (χ2v) is 5.54. The summed E-state index contributed by atoms with van der Waals surface area (Å²) in [4.78, 5) is 0. The van der Waals surface area contributed by atoms with Gasteiger partial charge in [-0.15, -0.1) is 0 Å². The summed E-state index contributed by atoms with van der Waals surface area (Å²) in [6.45, 7) is 11.0. The molecule has 1 aliphatic carbocycles. The zero-order valence-electron chi connectivity index (χ0n) is 11.8. The van der Waals surface area contributed by atoms with Gasteiger partial charge >= 0.3 is 0 Å². The summed E-state index contributed by atoms with van der Waals surface area (Å²) in [6.07, 6.45) is 5.12. The molecule has 1 heteroatoms. The summed E-state index contributed by atoms with van der Waals surface area (Å²) < 4.78 is 0. The minimum atomic E-state index is 0.559. The average molecular weight is 243 g/mol. The zero-order valence-corrected chi connectivity index (χ0v) is 11.8. The Labute approximate surface area is 111 Å². The van der Waals surface area contributed by atoms with E-state index in [0.29, 0.717) is 5.92 Å². The largest absolute Gasteiger partial charge is 0.317 e. The number of allylic oxidation sites excluding steroid dienone is 1. The molecule has 1 unspecified atom stereocenters. The molecule has 1 N–H and O–H groups in total. The van der Waals surface area contributed by atoms with Crippen LogP contribution >= 0.6 is 0 Å². The Morgan fingerprint density at radius 1 is 1.17 bits per heavy atom. The van der Waals surface area contributed by atoms with Crippen LogP contribution in [0.1, 0.15) is 48.8 Å². The van der Waals surface area contributed by atoms with Crippen LogP contribution in [-0.4, -0.2) is 13.1 Å². The van der Waals surface area contributed by atoms with E-state index in [4.69, 9.17) is 0 Å². The molecule has 1 aliphatic heterocycles. The lowest BCUT2D eigenvalue weighted by Crippen LogP contribution is -2.09. The van der Waals surface area contributed by atoms with Crippen LogP contribution in [0.25, 0.3) is 0 Å². The lowest BCUT2D eigenvalue weighted by atomic mass is 9.80. The standard InChI is InChI=1S/C13H16.C4H9N/c1-9-4-6-12-7-5-10(2)11(3)13(12)8-9;1-2-4-5-3-1/h4,6,8,11H,2,5,7H2,1,3H3;5H,1-4H2. The summed E-state index contributed by atoms with van der Waals surface area (Å²) in [6, 6.07) is 6.79. The molecular formula is C17H25N. The van der Waals surface area contributed by atoms with Crippen molar-refractivity contribution >= 4 is 0 Å². The maximum absolute atomic E-state index is 4.12. The first-order valence-electron chi connectivity index (χ1n) is 7.16. The molecule has 0 aromatic heterocycles. The zero-order chi connectivity index (χ0) is 13.0. The van der Waals surface area contributed by atoms with Crippen molar-refractivity contribution in [3.05, 3.63) is 47.0 Å². The first-order valence-corrected chi connectivity index (χ1v) is 7.16. The molecule has 2 aliphatic rings. The molecule has 18 heavy (non-hydrogen) atoms. The van der Waals surface area contributed by atoms with E-state index in [9.17, 15) is 0 Å². The Bertz CT molecular complexity index is 408. The van der Waals surface area contributed by atoms with Crippen molar-refractivity contribution in [1.82, 2.24) is 5.32 Å². The van der Waals surface area contributed by atoms with Gasteiger partial charge in [-0.2, -0.15) is 0 Å². The fraction of sp³-hybridized carbons (Fsp3) is 0.529. The summed E-state index contributed by atoms with van der Waals surface area (Å²) in [5.41, 5.74) is 5.76. The molecule has 1 heterocycles. The molecule has 1 nitrogen and oxygen atoms in total. The topological polar surface area (TPSA) is 12.0 Å². The van der Waals surface area contributed by atoms with Crippen LogP contribution in [0.2, 0.25) is 0 Å². The molecule has 1 aromatic carbocycles. The number of benzene rings is 1. The second kappa shape index (κ2) is 6.19. The summed E-state index contributed by atoms with van der Waals surface area (Å²) in [5, 5.41) is 3.22. The van der Waals surface area contributed by atoms with Crippen LogP contribution in [0.15, 0.2) is 30.4 Å². The molecule has 0 saturated carbocycles. The molecule has 0 radical (unpaired) electrons. The molecular weight excluding hydrogens is 218 g/mol. The lowest BCUT2D eigenvalue weighted by Gasteiger charge is -2.25. The minimum absolute atomic E-state index is 0.559. The number of hydrogen-bond donors (Lipinski definition) is 1. The van der Waals surface area contributed by atoms with Gasteiger partial charge in [0.2, 0.25) is 0 Å². The van der Waals surface area contributed by atoms with Crippen molar-refractivity contribution in [2.45, 2.75) is 45.4 Å². The molecule has 1 aromatic rings. The Hall–Kier alpha value is -1.08. The SMILES string of the molecule is C1CCNC1.C=C1CCc2ccc(C)cc2C1C. The van der Waals surface area contributed by atoms with Gasteiger partial charge in [0, 0.05) is 5.92 Å². The van der Waals surface area contributed by atoms with E-state index in [1.165, 1.54) is 54.6 Å². The van der Waals surface area contributed by atoms with Crippen LogP contribution in [0.3, 0.4) is 0 Å². The maximum Gasteiger partial charge on any atom is 0.00200 e. The fourth-order valence-corrected chi connectivity index (χ4v) is 2.70. The van der Waals surface area contributed by atoms with Crippen LogP contribution in [0.5, 0.6) is 0 Å². The van der Waals surface area contributed by atoms with E-state index in [1.54, 1.807) is 0 Å². The molecule has 0 spiro atoms. The fourth-order valence-electron chi connectivity index (χ4n) is 2.70. The normalized spacial score (nSPS) is 22.1. The molecule has 1 atom stereocenters. The van der Waals surface area contributed by atoms with Gasteiger partial charge in [-0.05, 0) is 56.8 Å². The average Bonchev–Trinajstić information content (AvgIpc) is 2.93. The highest BCUT2D eigenvalue weighted by Crippen LogP contribution is 2.34. The van der Waals surface area contributed by atoms with E-state index >= 15 is 0 Å². The predicted octanol–water partition coefficient (Wildman–Crippen LogP) is 3.97. The number of nitrogens with one attached hydrogen (secondary N) is 1. The molecule has 1 fully saturated rings. The van der Waals surface area contributed by atoms with Gasteiger partial charge in [0.25, 0.3) is 0 Å². The van der Waals surface area contributed by atoms with Crippen molar-refractivity contribution in [3.8, 4) is 0 Å². The van der Waals surface area contributed by atoms with Crippen molar-refractivity contribution in [3.63, 3.8) is 0 Å². The van der Waals surface area contributed by atoms with Gasteiger partial charge in [-0.3, -0.25) is 0 Å². The van der Waals surface area contributed by atoms with Crippen LogP contribution in [0.4, 0.5) is 0 Å². The van der Waals surface area contributed by atoms with Crippen molar-refractivity contribution in [1.29, 1.82) is 0 Å². The van der Waals surface area contributed by atoms with E-state index in [-0.39, 0.29) is 0 Å². The van der Waals surface area contributed by atoms with E-state index in [1.807, 2.05) is 0 Å². The highest BCUT2D eigenvalue weighted by Gasteiger charge is 2.18. The van der Waals surface area contributed by atoms with Gasteiger partial charge < -0.3 is 5.32 Å². The van der Waals surface area contributed by atoms with E-state index < -0.39 is 0 Å². The van der Waals surface area contributed by atoms with Gasteiger partial charge in [-0.1, -0.05) is 42.8 Å². The highest BCUT2D eigenvalue weighted by atomic mass is 14.9. The van der Waals surface area contributed by atoms with Crippen LogP contribution < -0.4 is 5.32 Å². The predicted molar refractivity (Wildman–Crippen MR) is 79.2 cm³/mol. The van der Waals surface area contributed by atoms with Gasteiger partial charge in [0.15, 0.2) is 0 Å². The third-order valence-corrected chi connectivity index (χ3v) is 4.05. The monoisotopic (exact) mass is 243 g/mol. The van der Waals surface area contributed by atoms with Crippen molar-refractivity contribution in [2.24, 2.45) is 0 Å². The first kappa shape index (κ1) is 13.4. The Morgan fingerprint density at radius 2 is 1.89 bits per heavy atom. The summed E-state index contributed by atoms with van der Waals surface area (Å²) >= 11 is 0. The summed E-state index contributed by atoms with van der Waals surface area (Å²) in [7, 11) is 0.